The Morgan fingerprint density at radius 3 is 2.38 bits per heavy atom. The van der Waals surface area contributed by atoms with Gasteiger partial charge in [0.1, 0.15) is 0 Å². The zero-order valence-corrected chi connectivity index (χ0v) is 10.1. The predicted octanol–water partition coefficient (Wildman–Crippen LogP) is -0.351. The first-order chi connectivity index (χ1) is 7.77. The third-order valence-electron chi connectivity index (χ3n) is 3.38. The highest BCUT2D eigenvalue weighted by Gasteiger charge is 2.23. The molecule has 0 spiro atoms. The zero-order valence-electron chi connectivity index (χ0n) is 10.1. The van der Waals surface area contributed by atoms with Crippen LogP contribution in [-0.4, -0.2) is 80.1 Å². The van der Waals surface area contributed by atoms with Crippen molar-refractivity contribution in [2.24, 2.45) is 0 Å². The standard InChI is InChI=1S/C11H22N4O/c1-13-5-2-6-14(10-9-13)11(16)15-7-3-12-4-8-15/h12H,2-10H2,1H3. The van der Waals surface area contributed by atoms with Crippen LogP contribution in [0.1, 0.15) is 6.42 Å². The highest BCUT2D eigenvalue weighted by Crippen LogP contribution is 2.06. The summed E-state index contributed by atoms with van der Waals surface area (Å²) in [7, 11) is 2.12. The van der Waals surface area contributed by atoms with E-state index in [1.54, 1.807) is 0 Å². The van der Waals surface area contributed by atoms with Gasteiger partial charge in [-0.15, -0.1) is 0 Å². The summed E-state index contributed by atoms with van der Waals surface area (Å²) in [6.07, 6.45) is 1.09. The molecule has 2 fully saturated rings. The quantitative estimate of drug-likeness (QED) is 0.613. The Labute approximate surface area is 97.4 Å². The van der Waals surface area contributed by atoms with Crippen LogP contribution in [0, 0.1) is 0 Å². The highest BCUT2D eigenvalue weighted by atomic mass is 16.2. The van der Waals surface area contributed by atoms with Crippen LogP contribution in [0.25, 0.3) is 0 Å². The smallest absolute Gasteiger partial charge is 0.320 e. The number of urea groups is 1. The number of hydrogen-bond donors (Lipinski definition) is 1. The Hall–Kier alpha value is -0.810. The third-order valence-corrected chi connectivity index (χ3v) is 3.38. The van der Waals surface area contributed by atoms with Crippen molar-refractivity contribution in [2.75, 3.05) is 59.4 Å². The molecule has 0 aromatic heterocycles. The molecule has 2 aliphatic rings. The minimum absolute atomic E-state index is 0.233. The molecule has 16 heavy (non-hydrogen) atoms. The molecular formula is C11H22N4O. The molecule has 2 amide bonds. The Morgan fingerprint density at radius 2 is 1.62 bits per heavy atom. The van der Waals surface area contributed by atoms with Crippen LogP contribution < -0.4 is 5.32 Å². The van der Waals surface area contributed by atoms with Crippen LogP contribution in [0.4, 0.5) is 4.79 Å². The Morgan fingerprint density at radius 1 is 0.938 bits per heavy atom. The van der Waals surface area contributed by atoms with Crippen molar-refractivity contribution in [1.29, 1.82) is 0 Å². The van der Waals surface area contributed by atoms with E-state index in [4.69, 9.17) is 0 Å². The summed E-state index contributed by atoms with van der Waals surface area (Å²) in [4.78, 5) is 18.5. The molecule has 2 heterocycles. The number of rotatable bonds is 0. The van der Waals surface area contributed by atoms with E-state index in [1.807, 2.05) is 9.80 Å². The van der Waals surface area contributed by atoms with Gasteiger partial charge in [0.05, 0.1) is 0 Å². The van der Waals surface area contributed by atoms with Crippen molar-refractivity contribution in [3.8, 4) is 0 Å². The summed E-state index contributed by atoms with van der Waals surface area (Å²) in [6, 6.07) is 0.233. The van der Waals surface area contributed by atoms with E-state index in [2.05, 4.69) is 17.3 Å². The number of amides is 2. The summed E-state index contributed by atoms with van der Waals surface area (Å²) in [5.41, 5.74) is 0. The van der Waals surface area contributed by atoms with Crippen molar-refractivity contribution < 1.29 is 4.79 Å². The fourth-order valence-corrected chi connectivity index (χ4v) is 2.29. The SMILES string of the molecule is CN1CCCN(C(=O)N2CCNCC2)CC1. The van der Waals surface area contributed by atoms with Crippen LogP contribution in [0.3, 0.4) is 0 Å². The molecule has 2 aliphatic heterocycles. The second-order valence-electron chi connectivity index (χ2n) is 4.66. The molecule has 2 rings (SSSR count). The molecule has 2 saturated heterocycles. The van der Waals surface area contributed by atoms with Gasteiger partial charge in [-0.1, -0.05) is 0 Å². The van der Waals surface area contributed by atoms with Gasteiger partial charge in [0.2, 0.25) is 0 Å². The first kappa shape index (κ1) is 11.7. The molecule has 0 atom stereocenters. The maximum atomic E-state index is 12.2. The molecule has 92 valence electrons. The monoisotopic (exact) mass is 226 g/mol. The first-order valence-electron chi connectivity index (χ1n) is 6.20. The van der Waals surface area contributed by atoms with Gasteiger partial charge in [-0.2, -0.15) is 0 Å². The van der Waals surface area contributed by atoms with E-state index in [0.29, 0.717) is 0 Å². The number of likely N-dealkylation sites (N-methyl/N-ethyl adjacent to an activating group) is 1. The van der Waals surface area contributed by atoms with E-state index < -0.39 is 0 Å². The van der Waals surface area contributed by atoms with Gasteiger partial charge in [0, 0.05) is 45.8 Å². The third kappa shape index (κ3) is 2.86. The van der Waals surface area contributed by atoms with Crippen molar-refractivity contribution in [3.63, 3.8) is 0 Å². The second-order valence-corrected chi connectivity index (χ2v) is 4.66. The van der Waals surface area contributed by atoms with Crippen LogP contribution >= 0.6 is 0 Å². The summed E-state index contributed by atoms with van der Waals surface area (Å²) < 4.78 is 0. The lowest BCUT2D eigenvalue weighted by Gasteiger charge is -2.32. The fraction of sp³-hybridized carbons (Fsp3) is 0.909. The molecule has 0 radical (unpaired) electrons. The molecule has 0 aromatic carbocycles. The van der Waals surface area contributed by atoms with E-state index >= 15 is 0 Å². The number of piperazine rings is 1. The Bertz CT molecular complexity index is 240. The molecule has 0 aliphatic carbocycles. The lowest BCUT2D eigenvalue weighted by Crippen LogP contribution is -2.52. The molecule has 0 bridgehead atoms. The number of carbonyl (C=O) groups is 1. The zero-order chi connectivity index (χ0) is 11.4. The van der Waals surface area contributed by atoms with Crippen LogP contribution in [0.5, 0.6) is 0 Å². The van der Waals surface area contributed by atoms with Gasteiger partial charge in [0.15, 0.2) is 0 Å². The average Bonchev–Trinajstić information content (AvgIpc) is 2.54. The van der Waals surface area contributed by atoms with Crippen LogP contribution in [-0.2, 0) is 0 Å². The van der Waals surface area contributed by atoms with Gasteiger partial charge in [-0.25, -0.2) is 4.79 Å². The van der Waals surface area contributed by atoms with E-state index in [0.717, 1.165) is 58.8 Å². The number of nitrogens with zero attached hydrogens (tertiary/aromatic N) is 3. The number of nitrogens with one attached hydrogen (secondary N) is 1. The summed E-state index contributed by atoms with van der Waals surface area (Å²) in [6.45, 7) is 7.45. The van der Waals surface area contributed by atoms with Gasteiger partial charge in [-0.05, 0) is 20.0 Å². The largest absolute Gasteiger partial charge is 0.323 e. The number of carbonyl (C=O) groups excluding carboxylic acids is 1. The highest BCUT2D eigenvalue weighted by molar-refractivity contribution is 5.74. The molecule has 5 heteroatoms. The molecule has 1 N–H and O–H groups in total. The number of hydrogen-bond acceptors (Lipinski definition) is 3. The van der Waals surface area contributed by atoms with Crippen molar-refractivity contribution in [1.82, 2.24) is 20.0 Å². The van der Waals surface area contributed by atoms with Gasteiger partial charge in [-0.3, -0.25) is 0 Å². The summed E-state index contributed by atoms with van der Waals surface area (Å²) in [5, 5.41) is 3.27. The minimum atomic E-state index is 0.233. The maximum Gasteiger partial charge on any atom is 0.320 e. The molecule has 0 saturated carbocycles. The molecular weight excluding hydrogens is 204 g/mol. The van der Waals surface area contributed by atoms with Crippen LogP contribution in [0.2, 0.25) is 0 Å². The summed E-state index contributed by atoms with van der Waals surface area (Å²) in [5.74, 6) is 0. The lowest BCUT2D eigenvalue weighted by atomic mass is 10.3. The van der Waals surface area contributed by atoms with Crippen molar-refractivity contribution in [3.05, 3.63) is 0 Å². The normalized spacial score (nSPS) is 24.3. The molecule has 5 nitrogen and oxygen atoms in total. The average molecular weight is 226 g/mol. The first-order valence-corrected chi connectivity index (χ1v) is 6.20. The molecule has 0 unspecified atom stereocenters. The minimum Gasteiger partial charge on any atom is -0.323 e. The van der Waals surface area contributed by atoms with Gasteiger partial charge in [0.25, 0.3) is 0 Å². The Kier molecular flexibility index (Phi) is 4.01. The second kappa shape index (κ2) is 5.50. The van der Waals surface area contributed by atoms with E-state index in [-0.39, 0.29) is 6.03 Å². The Balaban J connectivity index is 1.87. The van der Waals surface area contributed by atoms with Crippen molar-refractivity contribution in [2.45, 2.75) is 6.42 Å². The van der Waals surface area contributed by atoms with Gasteiger partial charge < -0.3 is 20.0 Å². The van der Waals surface area contributed by atoms with Crippen LogP contribution in [0.15, 0.2) is 0 Å². The predicted molar refractivity (Wildman–Crippen MR) is 63.5 cm³/mol. The maximum absolute atomic E-state index is 12.2. The van der Waals surface area contributed by atoms with Gasteiger partial charge >= 0.3 is 6.03 Å². The lowest BCUT2D eigenvalue weighted by molar-refractivity contribution is 0.148. The van der Waals surface area contributed by atoms with E-state index in [9.17, 15) is 4.79 Å². The van der Waals surface area contributed by atoms with E-state index in [1.165, 1.54) is 0 Å². The van der Waals surface area contributed by atoms with Crippen molar-refractivity contribution >= 4 is 6.03 Å². The fourth-order valence-electron chi connectivity index (χ4n) is 2.29. The topological polar surface area (TPSA) is 38.8 Å². The molecule has 0 aromatic rings. The summed E-state index contributed by atoms with van der Waals surface area (Å²) >= 11 is 0.